The van der Waals surface area contributed by atoms with Crippen molar-refractivity contribution in [3.63, 3.8) is 0 Å². The van der Waals surface area contributed by atoms with Crippen molar-refractivity contribution in [3.8, 4) is 10.4 Å². The topological polar surface area (TPSA) is 83.8 Å². The fourth-order valence-electron chi connectivity index (χ4n) is 1.91. The van der Waals surface area contributed by atoms with E-state index in [2.05, 4.69) is 47.8 Å². The van der Waals surface area contributed by atoms with Gasteiger partial charge < -0.3 is 0 Å². The molecule has 0 aliphatic heterocycles. The summed E-state index contributed by atoms with van der Waals surface area (Å²) in [5, 5.41) is 5.48. The van der Waals surface area contributed by atoms with Crippen molar-refractivity contribution < 1.29 is 28.9 Å². The van der Waals surface area contributed by atoms with Crippen LogP contribution in [0.15, 0.2) is 60.0 Å². The van der Waals surface area contributed by atoms with Gasteiger partial charge in [0.15, 0.2) is 5.38 Å². The Morgan fingerprint density at radius 1 is 0.909 bits per heavy atom. The van der Waals surface area contributed by atoms with Crippen molar-refractivity contribution in [1.29, 1.82) is 0 Å². The van der Waals surface area contributed by atoms with Crippen LogP contribution in [0.5, 0.6) is 0 Å². The molecule has 1 heterocycles. The summed E-state index contributed by atoms with van der Waals surface area (Å²) >= 11 is 7.68. The van der Waals surface area contributed by atoms with Gasteiger partial charge >= 0.3 is 28.9 Å². The van der Waals surface area contributed by atoms with Crippen LogP contribution >= 0.6 is 22.9 Å². The Labute approximate surface area is 138 Å². The van der Waals surface area contributed by atoms with Crippen LogP contribution in [0.1, 0.15) is 0 Å². The molecule has 0 spiro atoms. The molecule has 1 aromatic heterocycles. The molecule has 0 saturated heterocycles. The third-order valence-electron chi connectivity index (χ3n) is 2.75. The first-order chi connectivity index (χ1) is 10.3. The Morgan fingerprint density at radius 3 is 2.14 bits per heavy atom. The number of benzene rings is 2. The van der Waals surface area contributed by atoms with E-state index < -0.39 is 10.2 Å². The number of halogens is 2. The Morgan fingerprint density at radius 2 is 1.50 bits per heavy atom. The van der Waals surface area contributed by atoms with Gasteiger partial charge in [0.05, 0.1) is 0 Å². The Balaban J connectivity index is 0.000000309. The third kappa shape index (κ3) is 5.15. The molecule has 22 heavy (non-hydrogen) atoms. The number of rotatable bonds is 1. The van der Waals surface area contributed by atoms with E-state index in [-0.39, 0.29) is 0 Å². The molecule has 0 atom stereocenters. The zero-order chi connectivity index (χ0) is 16.2. The normalized spacial score (nSPS) is 11.7. The molecular formula is C15H13Cl2O4S+. The molecule has 0 saturated carbocycles. The average molecular weight is 360 g/mol. The van der Waals surface area contributed by atoms with Crippen molar-refractivity contribution >= 4 is 33.7 Å². The molecule has 7 heteroatoms. The van der Waals surface area contributed by atoms with E-state index in [9.17, 15) is 0 Å². The molecule has 0 aliphatic rings. The van der Waals surface area contributed by atoms with Crippen molar-refractivity contribution in [3.05, 3.63) is 65.0 Å². The van der Waals surface area contributed by atoms with Gasteiger partial charge in [-0.15, -0.1) is 0 Å². The number of fused-ring (bicyclic) bond motifs is 1. The fraction of sp³-hybridized carbons (Fsp3) is 0. The van der Waals surface area contributed by atoms with E-state index in [1.54, 1.807) is 11.3 Å². The van der Waals surface area contributed by atoms with Gasteiger partial charge in [-0.2, -0.15) is 0 Å². The van der Waals surface area contributed by atoms with Crippen molar-refractivity contribution in [1.82, 2.24) is 0 Å². The molecule has 0 bridgehead atoms. The van der Waals surface area contributed by atoms with E-state index in [4.69, 9.17) is 30.2 Å². The van der Waals surface area contributed by atoms with Gasteiger partial charge in [0, 0.05) is 22.0 Å². The van der Waals surface area contributed by atoms with Crippen LogP contribution < -0.4 is 4.66 Å². The second kappa shape index (κ2) is 7.30. The maximum absolute atomic E-state index is 8.83. The molecule has 3 aromatic rings. The first-order valence-electron chi connectivity index (χ1n) is 6.06. The average Bonchev–Trinajstić information content (AvgIpc) is 2.46. The maximum atomic E-state index is 8.83. The molecule has 0 fully saturated rings. The van der Waals surface area contributed by atoms with Crippen LogP contribution in [-0.4, -0.2) is 14.0 Å². The van der Waals surface area contributed by atoms with E-state index in [0.29, 0.717) is 0 Å². The zero-order valence-electron chi connectivity index (χ0n) is 11.2. The van der Waals surface area contributed by atoms with Gasteiger partial charge in [0.2, 0.25) is 16.2 Å². The minimum atomic E-state index is -4.19. The second-order valence-electron chi connectivity index (χ2n) is 4.28. The van der Waals surface area contributed by atoms with Crippen LogP contribution in [0, 0.1) is 10.2 Å². The molecule has 0 aliphatic carbocycles. The summed E-state index contributed by atoms with van der Waals surface area (Å²) in [5.74, 6) is 0. The van der Waals surface area contributed by atoms with E-state index >= 15 is 0 Å². The van der Waals surface area contributed by atoms with Crippen LogP contribution in [-0.2, 0) is 0 Å². The number of hydrogen-bond donors (Lipinski definition) is 3. The molecule has 3 N–H and O–H groups in total. The Bertz CT molecular complexity index is 746. The van der Waals surface area contributed by atoms with E-state index in [1.807, 2.05) is 12.1 Å². The first-order valence-corrected chi connectivity index (χ1v) is 8.64. The Hall–Kier alpha value is -1.31. The van der Waals surface area contributed by atoms with Gasteiger partial charge in [-0.25, -0.2) is 0 Å². The summed E-state index contributed by atoms with van der Waals surface area (Å²) in [6.07, 6.45) is 0. The van der Waals surface area contributed by atoms with Crippen LogP contribution in [0.2, 0.25) is 5.02 Å². The monoisotopic (exact) mass is 359 g/mol. The molecule has 2 aromatic carbocycles. The third-order valence-corrected chi connectivity index (χ3v) is 3.96. The summed E-state index contributed by atoms with van der Waals surface area (Å²) in [5.41, 5.74) is 1.22. The fourth-order valence-corrected chi connectivity index (χ4v) is 2.97. The summed E-state index contributed by atoms with van der Waals surface area (Å²) in [4.78, 5) is 1.29. The standard InChI is InChI=1S/C15H10ClS.ClH3O4/c16-13-7-5-12(6-8-13)15-14-4-2-1-3-11(14)9-10-17-15;2-1(3,4)5/h1-10H;2-4H/q+1;. The van der Waals surface area contributed by atoms with Crippen molar-refractivity contribution in [2.75, 3.05) is 0 Å². The molecule has 0 radical (unpaired) electrons. The van der Waals surface area contributed by atoms with Crippen LogP contribution in [0.3, 0.4) is 0 Å². The SMILES string of the molecule is Clc1ccc(-c2[s+]ccc3ccccc23)cc1.[O-][Cl+](O)(O)O. The van der Waals surface area contributed by atoms with Gasteiger partial charge in [-0.05, 0) is 35.7 Å². The van der Waals surface area contributed by atoms with Gasteiger partial charge in [-0.1, -0.05) is 29.8 Å². The number of hydrogen-bond acceptors (Lipinski definition) is 4. The molecule has 0 amide bonds. The molecule has 3 rings (SSSR count). The molecule has 0 unspecified atom stereocenters. The van der Waals surface area contributed by atoms with Gasteiger partial charge in [-0.3, -0.25) is 0 Å². The second-order valence-corrected chi connectivity index (χ2v) is 6.50. The molecular weight excluding hydrogens is 347 g/mol. The summed E-state index contributed by atoms with van der Waals surface area (Å²) < 4.78 is 30.2. The molecule has 4 nitrogen and oxygen atoms in total. The van der Waals surface area contributed by atoms with E-state index in [0.717, 1.165) is 5.02 Å². The molecule has 116 valence electrons. The minimum absolute atomic E-state index is 0.777. The van der Waals surface area contributed by atoms with Crippen molar-refractivity contribution in [2.24, 2.45) is 0 Å². The first kappa shape index (κ1) is 17.1. The summed E-state index contributed by atoms with van der Waals surface area (Å²) in [7, 11) is -4.19. The summed E-state index contributed by atoms with van der Waals surface area (Å²) in [6, 6.07) is 18.6. The Kier molecular flexibility index (Phi) is 5.66. The quantitative estimate of drug-likeness (QED) is 0.583. The van der Waals surface area contributed by atoms with Crippen LogP contribution in [0.25, 0.3) is 21.2 Å². The van der Waals surface area contributed by atoms with E-state index in [1.165, 1.54) is 21.2 Å². The predicted octanol–water partition coefficient (Wildman–Crippen LogP) is 2.64. The van der Waals surface area contributed by atoms with Gasteiger partial charge in [0.25, 0.3) is 0 Å². The van der Waals surface area contributed by atoms with Gasteiger partial charge in [0.1, 0.15) is 0 Å². The summed E-state index contributed by atoms with van der Waals surface area (Å²) in [6.45, 7) is 0. The predicted molar refractivity (Wildman–Crippen MR) is 83.3 cm³/mol. The van der Waals surface area contributed by atoms with Crippen molar-refractivity contribution in [2.45, 2.75) is 0 Å². The van der Waals surface area contributed by atoms with Crippen LogP contribution in [0.4, 0.5) is 0 Å². The zero-order valence-corrected chi connectivity index (χ0v) is 13.5.